The molecule has 0 bridgehead atoms. The van der Waals surface area contributed by atoms with E-state index in [9.17, 15) is 0 Å². The zero-order valence-corrected chi connectivity index (χ0v) is 16.2. The molecule has 0 saturated carbocycles. The fourth-order valence-corrected chi connectivity index (χ4v) is 2.88. The van der Waals surface area contributed by atoms with E-state index in [0.29, 0.717) is 13.3 Å². The first-order chi connectivity index (χ1) is 13.2. The summed E-state index contributed by atoms with van der Waals surface area (Å²) in [6, 6.07) is 10.1. The van der Waals surface area contributed by atoms with E-state index in [1.807, 2.05) is 37.2 Å². The number of hydrogen-bond acceptors (Lipinski definition) is 5. The van der Waals surface area contributed by atoms with Gasteiger partial charge in [-0.2, -0.15) is 0 Å². The first kappa shape index (κ1) is 18.8. The predicted octanol–water partition coefficient (Wildman–Crippen LogP) is 2.17. The smallest absolute Gasteiger partial charge is 0.231 e. The van der Waals surface area contributed by atoms with Crippen molar-refractivity contribution < 1.29 is 9.47 Å². The van der Waals surface area contributed by atoms with Gasteiger partial charge < -0.3 is 25.0 Å². The molecule has 0 aliphatic carbocycles. The van der Waals surface area contributed by atoms with Gasteiger partial charge in [-0.15, -0.1) is 0 Å². The predicted molar refractivity (Wildman–Crippen MR) is 108 cm³/mol. The first-order valence-electron chi connectivity index (χ1n) is 9.19. The molecular weight excluding hydrogens is 342 g/mol. The van der Waals surface area contributed by atoms with Crippen LogP contribution in [0.3, 0.4) is 0 Å². The van der Waals surface area contributed by atoms with Gasteiger partial charge >= 0.3 is 0 Å². The van der Waals surface area contributed by atoms with Crippen LogP contribution in [0.2, 0.25) is 0 Å². The van der Waals surface area contributed by atoms with Crippen molar-refractivity contribution in [3.63, 3.8) is 0 Å². The van der Waals surface area contributed by atoms with Crippen molar-refractivity contribution in [2.45, 2.75) is 19.9 Å². The van der Waals surface area contributed by atoms with Crippen molar-refractivity contribution in [2.75, 3.05) is 38.9 Å². The summed E-state index contributed by atoms with van der Waals surface area (Å²) in [6.45, 7) is 4.52. The van der Waals surface area contributed by atoms with Crippen molar-refractivity contribution in [1.29, 1.82) is 0 Å². The second-order valence-electron chi connectivity index (χ2n) is 6.44. The molecule has 2 heterocycles. The molecule has 7 nitrogen and oxygen atoms in total. The molecule has 27 heavy (non-hydrogen) atoms. The summed E-state index contributed by atoms with van der Waals surface area (Å²) < 4.78 is 10.8. The number of benzene rings is 1. The second-order valence-corrected chi connectivity index (χ2v) is 6.44. The van der Waals surface area contributed by atoms with Gasteiger partial charge in [-0.3, -0.25) is 0 Å². The normalized spacial score (nSPS) is 12.8. The molecule has 3 rings (SSSR count). The molecule has 0 fully saturated rings. The number of ether oxygens (including phenoxy) is 2. The largest absolute Gasteiger partial charge is 0.454 e. The number of pyridine rings is 1. The van der Waals surface area contributed by atoms with Crippen LogP contribution in [0.25, 0.3) is 0 Å². The maximum atomic E-state index is 5.43. The lowest BCUT2D eigenvalue weighted by molar-refractivity contribution is 0.174. The van der Waals surface area contributed by atoms with Gasteiger partial charge in [0.25, 0.3) is 0 Å². The van der Waals surface area contributed by atoms with Gasteiger partial charge in [0.1, 0.15) is 5.82 Å². The summed E-state index contributed by atoms with van der Waals surface area (Å²) >= 11 is 0. The van der Waals surface area contributed by atoms with E-state index in [-0.39, 0.29) is 0 Å². The summed E-state index contributed by atoms with van der Waals surface area (Å²) in [7, 11) is 3.98. The molecular formula is C20H27N5O2. The molecule has 0 saturated heterocycles. The zero-order valence-electron chi connectivity index (χ0n) is 16.2. The Kier molecular flexibility index (Phi) is 6.35. The number of hydrogen-bond donors (Lipinski definition) is 2. The molecule has 0 unspecified atom stereocenters. The Morgan fingerprint density at radius 2 is 2.04 bits per heavy atom. The Bertz CT molecular complexity index is 792. The highest BCUT2D eigenvalue weighted by atomic mass is 16.7. The fourth-order valence-electron chi connectivity index (χ4n) is 2.88. The molecule has 2 N–H and O–H groups in total. The molecule has 0 atom stereocenters. The van der Waals surface area contributed by atoms with Gasteiger partial charge in [0, 0.05) is 38.9 Å². The van der Waals surface area contributed by atoms with Gasteiger partial charge in [-0.25, -0.2) is 9.98 Å². The minimum Gasteiger partial charge on any atom is -0.454 e. The SMILES string of the molecule is CCNC(=NCc1cccnc1N(C)C)NCCc1ccc2c(c1)OCO2. The van der Waals surface area contributed by atoms with E-state index < -0.39 is 0 Å². The van der Waals surface area contributed by atoms with Crippen molar-refractivity contribution >= 4 is 11.8 Å². The van der Waals surface area contributed by atoms with Gasteiger partial charge in [-0.05, 0) is 37.1 Å². The molecule has 1 aromatic carbocycles. The van der Waals surface area contributed by atoms with Gasteiger partial charge in [0.2, 0.25) is 6.79 Å². The third-order valence-corrected chi connectivity index (χ3v) is 4.19. The minimum absolute atomic E-state index is 0.303. The second kappa shape index (κ2) is 9.12. The molecule has 0 amide bonds. The Morgan fingerprint density at radius 1 is 1.19 bits per heavy atom. The van der Waals surface area contributed by atoms with Gasteiger partial charge in [-0.1, -0.05) is 12.1 Å². The van der Waals surface area contributed by atoms with E-state index in [1.54, 1.807) is 6.20 Å². The first-order valence-corrected chi connectivity index (χ1v) is 9.19. The van der Waals surface area contributed by atoms with Gasteiger partial charge in [0.05, 0.1) is 6.54 Å². The average molecular weight is 369 g/mol. The standard InChI is InChI=1S/C20H27N5O2/c1-4-21-20(24-13-16-6-5-10-22-19(16)25(2)3)23-11-9-15-7-8-17-18(12-15)27-14-26-17/h5-8,10,12H,4,9,11,13-14H2,1-3H3,(H2,21,23,24). The highest BCUT2D eigenvalue weighted by Gasteiger charge is 2.13. The third kappa shape index (κ3) is 5.03. The Morgan fingerprint density at radius 3 is 2.85 bits per heavy atom. The number of guanidine groups is 1. The summed E-state index contributed by atoms with van der Waals surface area (Å²) in [6.07, 6.45) is 2.67. The Balaban J connectivity index is 1.58. The van der Waals surface area contributed by atoms with Crippen molar-refractivity contribution in [2.24, 2.45) is 4.99 Å². The molecule has 0 radical (unpaired) electrons. The maximum absolute atomic E-state index is 5.43. The number of aromatic nitrogens is 1. The molecule has 1 aromatic heterocycles. The molecule has 0 spiro atoms. The summed E-state index contributed by atoms with van der Waals surface area (Å²) in [5.41, 5.74) is 2.29. The van der Waals surface area contributed by atoms with Crippen molar-refractivity contribution in [3.8, 4) is 11.5 Å². The van der Waals surface area contributed by atoms with E-state index >= 15 is 0 Å². The van der Waals surface area contributed by atoms with Crippen LogP contribution >= 0.6 is 0 Å². The number of rotatable bonds is 7. The summed E-state index contributed by atoms with van der Waals surface area (Å²) in [5, 5.41) is 6.68. The van der Waals surface area contributed by atoms with E-state index in [0.717, 1.165) is 48.4 Å². The lowest BCUT2D eigenvalue weighted by Gasteiger charge is -2.15. The number of fused-ring (bicyclic) bond motifs is 1. The Labute approximate surface area is 160 Å². The fraction of sp³-hybridized carbons (Fsp3) is 0.400. The summed E-state index contributed by atoms with van der Waals surface area (Å²) in [4.78, 5) is 11.1. The van der Waals surface area contributed by atoms with Crippen LogP contribution in [0, 0.1) is 0 Å². The van der Waals surface area contributed by atoms with E-state index in [1.165, 1.54) is 5.56 Å². The maximum Gasteiger partial charge on any atom is 0.231 e. The molecule has 7 heteroatoms. The average Bonchev–Trinajstić information content (AvgIpc) is 3.14. The number of nitrogens with zero attached hydrogens (tertiary/aromatic N) is 3. The molecule has 1 aliphatic rings. The van der Waals surface area contributed by atoms with E-state index in [4.69, 9.17) is 14.5 Å². The van der Waals surface area contributed by atoms with Crippen molar-refractivity contribution in [3.05, 3.63) is 47.7 Å². The topological polar surface area (TPSA) is 71.0 Å². The molecule has 1 aliphatic heterocycles. The van der Waals surface area contributed by atoms with Gasteiger partial charge in [0.15, 0.2) is 17.5 Å². The van der Waals surface area contributed by atoms with Crippen LogP contribution in [0.5, 0.6) is 11.5 Å². The van der Waals surface area contributed by atoms with Crippen LogP contribution < -0.4 is 25.0 Å². The third-order valence-electron chi connectivity index (χ3n) is 4.19. The van der Waals surface area contributed by atoms with Crippen LogP contribution in [0.15, 0.2) is 41.5 Å². The lowest BCUT2D eigenvalue weighted by atomic mass is 10.1. The van der Waals surface area contributed by atoms with E-state index in [2.05, 4.69) is 34.7 Å². The minimum atomic E-state index is 0.303. The number of aliphatic imine (C=N–C) groups is 1. The monoisotopic (exact) mass is 369 g/mol. The quantitative estimate of drug-likeness (QED) is 0.576. The highest BCUT2D eigenvalue weighted by Crippen LogP contribution is 2.32. The van der Waals surface area contributed by atoms with Crippen LogP contribution in [-0.4, -0.2) is 44.9 Å². The van der Waals surface area contributed by atoms with Crippen LogP contribution in [0.1, 0.15) is 18.1 Å². The molecule has 2 aromatic rings. The molecule has 144 valence electrons. The number of anilines is 1. The van der Waals surface area contributed by atoms with Crippen LogP contribution in [-0.2, 0) is 13.0 Å². The lowest BCUT2D eigenvalue weighted by Crippen LogP contribution is -2.38. The Hall–Kier alpha value is -2.96. The van der Waals surface area contributed by atoms with Crippen molar-refractivity contribution in [1.82, 2.24) is 15.6 Å². The highest BCUT2D eigenvalue weighted by molar-refractivity contribution is 5.79. The summed E-state index contributed by atoms with van der Waals surface area (Å²) in [5.74, 6) is 3.37. The zero-order chi connectivity index (χ0) is 19.1. The number of nitrogens with one attached hydrogen (secondary N) is 2. The van der Waals surface area contributed by atoms with Crippen LogP contribution in [0.4, 0.5) is 5.82 Å².